The number of para-hydroxylation sites is 1. The fourth-order valence-electron chi connectivity index (χ4n) is 3.68. The lowest BCUT2D eigenvalue weighted by molar-refractivity contribution is 0.102. The Hall–Kier alpha value is -3.30. The number of carbonyl (C=O) groups is 1. The highest BCUT2D eigenvalue weighted by Crippen LogP contribution is 2.30. The fraction of sp³-hybridized carbons (Fsp3) is 0.190. The molecule has 9 heteroatoms. The fourth-order valence-corrected chi connectivity index (χ4v) is 4.73. The largest absolute Gasteiger partial charge is 0.369 e. The molecule has 2 aromatic heterocycles. The van der Waals surface area contributed by atoms with Crippen LogP contribution < -0.4 is 11.1 Å². The highest BCUT2D eigenvalue weighted by Gasteiger charge is 2.22. The molecular weight excluding hydrogens is 403 g/mol. The summed E-state index contributed by atoms with van der Waals surface area (Å²) in [6, 6.07) is 11.9. The van der Waals surface area contributed by atoms with Crippen LogP contribution in [0.2, 0.25) is 0 Å². The number of halogens is 1. The van der Waals surface area contributed by atoms with Gasteiger partial charge in [-0.3, -0.25) is 15.0 Å². The molecule has 1 aliphatic rings. The zero-order valence-corrected chi connectivity index (χ0v) is 16.8. The van der Waals surface area contributed by atoms with Gasteiger partial charge in [0.2, 0.25) is 0 Å². The van der Waals surface area contributed by atoms with Crippen molar-refractivity contribution < 1.29 is 9.18 Å². The number of hydrogen-bond donors (Lipinski definition) is 3. The summed E-state index contributed by atoms with van der Waals surface area (Å²) in [7, 11) is 0. The zero-order chi connectivity index (χ0) is 20.7. The third-order valence-electron chi connectivity index (χ3n) is 5.13. The monoisotopic (exact) mass is 422 g/mol. The van der Waals surface area contributed by atoms with Crippen LogP contribution in [0.25, 0.3) is 11.0 Å². The summed E-state index contributed by atoms with van der Waals surface area (Å²) in [5, 5.41) is 3.48. The number of nitrogen functional groups attached to an aromatic ring is 1. The van der Waals surface area contributed by atoms with Crippen molar-refractivity contribution in [2.45, 2.75) is 19.5 Å². The molecular formula is C21H19FN6OS. The number of nitrogens with zero attached hydrogens (tertiary/aromatic N) is 3. The number of carbonyl (C=O) groups excluding carboxylic acids is 1. The molecule has 0 unspecified atom stereocenters. The predicted molar refractivity (Wildman–Crippen MR) is 115 cm³/mol. The number of hydrogen-bond acceptors (Lipinski definition) is 6. The number of anilines is 2. The van der Waals surface area contributed by atoms with Crippen LogP contribution in [0.4, 0.5) is 15.5 Å². The number of thiazole rings is 1. The summed E-state index contributed by atoms with van der Waals surface area (Å²) in [6.07, 6.45) is 0.814. The van der Waals surface area contributed by atoms with E-state index in [-0.39, 0.29) is 17.7 Å². The topological polar surface area (TPSA) is 99.9 Å². The van der Waals surface area contributed by atoms with Gasteiger partial charge < -0.3 is 10.7 Å². The quantitative estimate of drug-likeness (QED) is 0.467. The van der Waals surface area contributed by atoms with Gasteiger partial charge in [-0.1, -0.05) is 18.2 Å². The van der Waals surface area contributed by atoms with E-state index in [1.54, 1.807) is 12.1 Å². The number of aromatic amines is 1. The second-order valence-electron chi connectivity index (χ2n) is 7.25. The van der Waals surface area contributed by atoms with Gasteiger partial charge in [-0.2, -0.15) is 0 Å². The lowest BCUT2D eigenvalue weighted by atomic mass is 10.1. The van der Waals surface area contributed by atoms with Crippen molar-refractivity contribution in [1.29, 1.82) is 0 Å². The van der Waals surface area contributed by atoms with Crippen LogP contribution >= 0.6 is 11.3 Å². The Balaban J connectivity index is 1.30. The first kappa shape index (κ1) is 18.7. The number of H-pyrrole nitrogens is 1. The van der Waals surface area contributed by atoms with Gasteiger partial charge in [0, 0.05) is 30.9 Å². The van der Waals surface area contributed by atoms with Crippen molar-refractivity contribution >= 4 is 39.4 Å². The molecule has 30 heavy (non-hydrogen) atoms. The second-order valence-corrected chi connectivity index (χ2v) is 8.34. The standard InChI is InChI=1S/C21H19FN6OS/c22-13-6-4-12(5-7-13)10-28-9-8-15-17(11-28)30-21(25-15)27-19(29)14-2-1-3-16-18(14)26-20(23)24-16/h1-7H,8-11H2,(H3,23,24,26)(H,25,27,29). The molecule has 1 amide bonds. The molecule has 0 spiro atoms. The SMILES string of the molecule is Nc1nc2c(C(=O)Nc3nc4c(s3)CN(Cc3ccc(F)cc3)CC4)cccc2[nH]1. The van der Waals surface area contributed by atoms with E-state index in [0.717, 1.165) is 47.7 Å². The highest BCUT2D eigenvalue weighted by molar-refractivity contribution is 7.15. The van der Waals surface area contributed by atoms with Gasteiger partial charge in [-0.15, -0.1) is 11.3 Å². The summed E-state index contributed by atoms with van der Waals surface area (Å²) in [5.74, 6) is -0.215. The Labute approximate surface area is 175 Å². The van der Waals surface area contributed by atoms with Gasteiger partial charge >= 0.3 is 0 Å². The maximum absolute atomic E-state index is 13.1. The Bertz CT molecular complexity index is 1230. The Morgan fingerprint density at radius 3 is 2.90 bits per heavy atom. The third kappa shape index (κ3) is 3.64. The van der Waals surface area contributed by atoms with Gasteiger partial charge in [-0.05, 0) is 29.8 Å². The van der Waals surface area contributed by atoms with Crippen LogP contribution in [0, 0.1) is 5.82 Å². The molecule has 1 aliphatic heterocycles. The summed E-state index contributed by atoms with van der Waals surface area (Å²) in [4.78, 5) is 28.0. The number of rotatable bonds is 4. The molecule has 0 saturated heterocycles. The van der Waals surface area contributed by atoms with Gasteiger partial charge in [0.05, 0.1) is 16.8 Å². The zero-order valence-electron chi connectivity index (χ0n) is 16.0. The third-order valence-corrected chi connectivity index (χ3v) is 6.12. The van der Waals surface area contributed by atoms with Gasteiger partial charge in [0.25, 0.3) is 5.91 Å². The lowest BCUT2D eigenvalue weighted by Crippen LogP contribution is -2.29. The van der Waals surface area contributed by atoms with E-state index in [1.165, 1.54) is 23.5 Å². The maximum atomic E-state index is 13.1. The number of nitrogens with two attached hydrogens (primary N) is 1. The van der Waals surface area contributed by atoms with Crippen molar-refractivity contribution in [2.75, 3.05) is 17.6 Å². The number of aromatic nitrogens is 3. The number of amides is 1. The number of fused-ring (bicyclic) bond motifs is 2. The van der Waals surface area contributed by atoms with Crippen molar-refractivity contribution in [2.24, 2.45) is 0 Å². The van der Waals surface area contributed by atoms with Crippen LogP contribution in [0.5, 0.6) is 0 Å². The van der Waals surface area contributed by atoms with Crippen molar-refractivity contribution in [1.82, 2.24) is 19.9 Å². The molecule has 2 aromatic carbocycles. The summed E-state index contributed by atoms with van der Waals surface area (Å²) in [6.45, 7) is 2.38. The Morgan fingerprint density at radius 2 is 2.07 bits per heavy atom. The van der Waals surface area contributed by atoms with Crippen LogP contribution in [0.15, 0.2) is 42.5 Å². The lowest BCUT2D eigenvalue weighted by Gasteiger charge is -2.25. The molecule has 0 radical (unpaired) electrons. The maximum Gasteiger partial charge on any atom is 0.259 e. The van der Waals surface area contributed by atoms with Crippen LogP contribution in [-0.2, 0) is 19.5 Å². The van der Waals surface area contributed by atoms with Crippen molar-refractivity contribution in [3.8, 4) is 0 Å². The molecule has 0 aliphatic carbocycles. The van der Waals surface area contributed by atoms with E-state index >= 15 is 0 Å². The first-order chi connectivity index (χ1) is 14.5. The van der Waals surface area contributed by atoms with Gasteiger partial charge in [0.15, 0.2) is 11.1 Å². The van der Waals surface area contributed by atoms with E-state index in [0.29, 0.717) is 16.2 Å². The predicted octanol–water partition coefficient (Wildman–Crippen LogP) is 3.55. The van der Waals surface area contributed by atoms with Gasteiger partial charge in [0.1, 0.15) is 11.3 Å². The molecule has 0 atom stereocenters. The average molecular weight is 422 g/mol. The summed E-state index contributed by atoms with van der Waals surface area (Å²) in [5.41, 5.74) is 9.53. The number of imidazole rings is 1. The first-order valence-corrected chi connectivity index (χ1v) is 10.4. The van der Waals surface area contributed by atoms with Gasteiger partial charge in [-0.25, -0.2) is 14.4 Å². The minimum atomic E-state index is -0.263. The minimum Gasteiger partial charge on any atom is -0.369 e. The molecule has 3 heterocycles. The molecule has 152 valence electrons. The molecule has 4 N–H and O–H groups in total. The molecule has 7 nitrogen and oxygen atoms in total. The van der Waals surface area contributed by atoms with E-state index in [1.807, 2.05) is 18.2 Å². The second kappa shape index (κ2) is 7.51. The first-order valence-electron chi connectivity index (χ1n) is 9.56. The smallest absolute Gasteiger partial charge is 0.259 e. The molecule has 0 saturated carbocycles. The molecule has 5 rings (SSSR count). The van der Waals surface area contributed by atoms with Crippen LogP contribution in [0.1, 0.15) is 26.5 Å². The average Bonchev–Trinajstić information content (AvgIpc) is 3.30. The van der Waals surface area contributed by atoms with E-state index in [2.05, 4.69) is 25.2 Å². The molecule has 4 aromatic rings. The van der Waals surface area contributed by atoms with Crippen LogP contribution in [-0.4, -0.2) is 32.3 Å². The minimum absolute atomic E-state index is 0.226. The van der Waals surface area contributed by atoms with E-state index < -0.39 is 0 Å². The van der Waals surface area contributed by atoms with E-state index in [4.69, 9.17) is 5.73 Å². The highest BCUT2D eigenvalue weighted by atomic mass is 32.1. The summed E-state index contributed by atoms with van der Waals surface area (Å²) >= 11 is 1.49. The number of nitrogens with one attached hydrogen (secondary N) is 2. The van der Waals surface area contributed by atoms with E-state index in [9.17, 15) is 9.18 Å². The molecule has 0 fully saturated rings. The van der Waals surface area contributed by atoms with Crippen LogP contribution in [0.3, 0.4) is 0 Å². The number of benzene rings is 2. The normalized spacial score (nSPS) is 14.0. The Kier molecular flexibility index (Phi) is 4.68. The summed E-state index contributed by atoms with van der Waals surface area (Å²) < 4.78 is 13.1. The van der Waals surface area contributed by atoms with Crippen molar-refractivity contribution in [3.63, 3.8) is 0 Å². The molecule has 0 bridgehead atoms. The van der Waals surface area contributed by atoms with Crippen molar-refractivity contribution in [3.05, 3.63) is 70.0 Å². The Morgan fingerprint density at radius 1 is 1.23 bits per heavy atom.